The smallest absolute Gasteiger partial charge is 0.334 e. The first-order chi connectivity index (χ1) is 28.6. The van der Waals surface area contributed by atoms with E-state index in [0.717, 1.165) is 32.1 Å². The van der Waals surface area contributed by atoms with Gasteiger partial charge in [-0.2, -0.15) is 0 Å². The quantitative estimate of drug-likeness (QED) is 0.0512. The summed E-state index contributed by atoms with van der Waals surface area (Å²) >= 11 is 0. The highest BCUT2D eigenvalue weighted by atomic mass is 16.5. The van der Waals surface area contributed by atoms with E-state index in [0.29, 0.717) is 45.7 Å². The van der Waals surface area contributed by atoms with Gasteiger partial charge in [0.25, 0.3) is 0 Å². The number of rotatable bonds is 26. The summed E-state index contributed by atoms with van der Waals surface area (Å²) in [5, 5.41) is 16.6. The molecule has 12 nitrogen and oxygen atoms in total. The van der Waals surface area contributed by atoms with Crippen molar-refractivity contribution in [2.45, 2.75) is 204 Å². The SMILES string of the molecule is CCCCCC(=O)O.CCCCCCCCCCCC(=O)OCC.CCCc1ccccc1.CCOC(=O)C(C)CC.CCOC(=O)C(C)O.CCOC(=O)CCC(C)=O. The molecular formula is C48H88O12. The molecule has 0 saturated heterocycles. The lowest BCUT2D eigenvalue weighted by molar-refractivity contribution is -0.152. The van der Waals surface area contributed by atoms with Crippen LogP contribution >= 0.6 is 0 Å². The monoisotopic (exact) mass is 857 g/mol. The number of aryl methyl sites for hydroxylation is 1. The summed E-state index contributed by atoms with van der Waals surface area (Å²) in [6.45, 7) is 22.0. The highest BCUT2D eigenvalue weighted by Crippen LogP contribution is 2.11. The van der Waals surface area contributed by atoms with Crippen LogP contribution in [-0.2, 0) is 54.1 Å². The number of carbonyl (C=O) groups excluding carboxylic acids is 5. The van der Waals surface area contributed by atoms with Crippen molar-refractivity contribution in [2.75, 3.05) is 26.4 Å². The molecule has 0 saturated carbocycles. The fraction of sp³-hybridized carbons (Fsp3) is 0.750. The van der Waals surface area contributed by atoms with Crippen molar-refractivity contribution in [3.8, 4) is 0 Å². The van der Waals surface area contributed by atoms with Crippen LogP contribution in [0.5, 0.6) is 0 Å². The summed E-state index contributed by atoms with van der Waals surface area (Å²) in [7, 11) is 0. The lowest BCUT2D eigenvalue weighted by Crippen LogP contribution is -2.18. The fourth-order valence-electron chi connectivity index (χ4n) is 4.50. The minimum atomic E-state index is -0.991. The number of ether oxygens (including phenoxy) is 4. The van der Waals surface area contributed by atoms with Gasteiger partial charge < -0.3 is 34.0 Å². The highest BCUT2D eigenvalue weighted by molar-refractivity contribution is 5.81. The first-order valence-electron chi connectivity index (χ1n) is 22.7. The maximum atomic E-state index is 11.0. The third kappa shape index (κ3) is 60.9. The summed E-state index contributed by atoms with van der Waals surface area (Å²) in [5.41, 5.74) is 1.44. The molecule has 0 aliphatic carbocycles. The number of aliphatic carboxylic acids is 1. The van der Waals surface area contributed by atoms with Crippen LogP contribution in [0.25, 0.3) is 0 Å². The molecule has 0 fully saturated rings. The predicted octanol–water partition coefficient (Wildman–Crippen LogP) is 11.2. The Labute approximate surface area is 365 Å². The minimum Gasteiger partial charge on any atom is -0.481 e. The average molecular weight is 857 g/mol. The predicted molar refractivity (Wildman–Crippen MR) is 242 cm³/mol. The second-order valence-corrected chi connectivity index (χ2v) is 14.0. The Bertz CT molecular complexity index is 1120. The number of hydrogen-bond acceptors (Lipinski definition) is 11. The molecule has 0 heterocycles. The molecule has 352 valence electrons. The van der Waals surface area contributed by atoms with E-state index in [1.165, 1.54) is 83.6 Å². The molecule has 0 amide bonds. The molecule has 0 spiro atoms. The minimum absolute atomic E-state index is 0.0213. The van der Waals surface area contributed by atoms with E-state index in [1.54, 1.807) is 13.8 Å². The van der Waals surface area contributed by atoms with E-state index in [-0.39, 0.29) is 36.0 Å². The zero-order chi connectivity index (χ0) is 46.8. The first kappa shape index (κ1) is 65.3. The van der Waals surface area contributed by atoms with Gasteiger partial charge in [-0.3, -0.25) is 19.2 Å². The number of hydrogen-bond donors (Lipinski definition) is 2. The lowest BCUT2D eigenvalue weighted by atomic mass is 10.1. The molecule has 2 N–H and O–H groups in total. The van der Waals surface area contributed by atoms with Gasteiger partial charge in [0.05, 0.1) is 38.8 Å². The third-order valence-electron chi connectivity index (χ3n) is 8.08. The lowest BCUT2D eigenvalue weighted by Gasteiger charge is -2.05. The van der Waals surface area contributed by atoms with Crippen LogP contribution < -0.4 is 0 Å². The Morgan fingerprint density at radius 1 is 0.517 bits per heavy atom. The molecule has 0 aliphatic heterocycles. The molecule has 0 aromatic heterocycles. The van der Waals surface area contributed by atoms with Crippen molar-refractivity contribution in [3.05, 3.63) is 35.9 Å². The molecule has 60 heavy (non-hydrogen) atoms. The molecule has 0 aliphatic rings. The average Bonchev–Trinajstić information content (AvgIpc) is 3.21. The molecule has 12 heteroatoms. The van der Waals surface area contributed by atoms with E-state index >= 15 is 0 Å². The Morgan fingerprint density at radius 3 is 1.32 bits per heavy atom. The molecule has 0 bridgehead atoms. The van der Waals surface area contributed by atoms with E-state index in [4.69, 9.17) is 19.7 Å². The van der Waals surface area contributed by atoms with Gasteiger partial charge in [0.2, 0.25) is 0 Å². The normalized spacial score (nSPS) is 10.5. The Kier molecular flexibility index (Phi) is 57.9. The highest BCUT2D eigenvalue weighted by Gasteiger charge is 2.10. The molecule has 2 unspecified atom stereocenters. The molecular weight excluding hydrogens is 769 g/mol. The molecule has 1 aromatic carbocycles. The number of benzene rings is 1. The van der Waals surface area contributed by atoms with Crippen LogP contribution in [0.3, 0.4) is 0 Å². The summed E-state index contributed by atoms with van der Waals surface area (Å²) in [4.78, 5) is 62.8. The zero-order valence-electron chi connectivity index (χ0n) is 39.8. The zero-order valence-corrected chi connectivity index (χ0v) is 39.8. The van der Waals surface area contributed by atoms with Crippen LogP contribution in [0.2, 0.25) is 0 Å². The van der Waals surface area contributed by atoms with Crippen molar-refractivity contribution in [1.82, 2.24) is 0 Å². The number of ketones is 1. The molecule has 2 atom stereocenters. The van der Waals surface area contributed by atoms with E-state index in [1.807, 2.05) is 27.7 Å². The largest absolute Gasteiger partial charge is 0.481 e. The first-order valence-corrected chi connectivity index (χ1v) is 22.7. The van der Waals surface area contributed by atoms with Gasteiger partial charge in [0.15, 0.2) is 0 Å². The van der Waals surface area contributed by atoms with E-state index in [9.17, 15) is 28.8 Å². The second kappa shape index (κ2) is 53.2. The van der Waals surface area contributed by atoms with Gasteiger partial charge in [-0.1, -0.05) is 136 Å². The number of aliphatic hydroxyl groups excluding tert-OH is 1. The van der Waals surface area contributed by atoms with Crippen LogP contribution in [0, 0.1) is 5.92 Å². The topological polar surface area (TPSA) is 180 Å². The maximum absolute atomic E-state index is 11.0. The number of carboxylic acid groups (broad SMARTS) is 1. The van der Waals surface area contributed by atoms with Crippen LogP contribution in [0.4, 0.5) is 0 Å². The fourth-order valence-corrected chi connectivity index (χ4v) is 4.50. The number of unbranched alkanes of at least 4 members (excludes halogenated alkanes) is 10. The maximum Gasteiger partial charge on any atom is 0.334 e. The molecule has 1 aromatic rings. The van der Waals surface area contributed by atoms with Gasteiger partial charge in [-0.25, -0.2) is 4.79 Å². The Morgan fingerprint density at radius 2 is 0.933 bits per heavy atom. The Hall–Kier alpha value is -3.80. The summed E-state index contributed by atoms with van der Waals surface area (Å²) < 4.78 is 18.6. The number of esters is 4. The van der Waals surface area contributed by atoms with Gasteiger partial charge in [-0.05, 0) is 72.8 Å². The van der Waals surface area contributed by atoms with Crippen molar-refractivity contribution >= 4 is 35.6 Å². The van der Waals surface area contributed by atoms with Crippen molar-refractivity contribution in [3.63, 3.8) is 0 Å². The van der Waals surface area contributed by atoms with Crippen LogP contribution in [-0.4, -0.2) is 78.4 Å². The van der Waals surface area contributed by atoms with Crippen LogP contribution in [0.1, 0.15) is 197 Å². The number of Topliss-reactive ketones (excluding diaryl/α,β-unsaturated/α-hetero) is 1. The molecule has 1 rings (SSSR count). The van der Waals surface area contributed by atoms with Gasteiger partial charge in [0.1, 0.15) is 11.9 Å². The van der Waals surface area contributed by atoms with Gasteiger partial charge in [0, 0.05) is 19.3 Å². The molecule has 0 radical (unpaired) electrons. The van der Waals surface area contributed by atoms with Crippen LogP contribution in [0.15, 0.2) is 30.3 Å². The standard InChI is InChI=1S/C14H28O2.C9H12.C7H12O3.C7H14O2.C6H12O2.C5H10O3/c1-3-5-6-7-8-9-10-11-12-13-14(15)16-4-2;1-2-6-9-7-4-3-5-8-9;1-3-10-7(9)5-4-6(2)8;1-4-6(3)7(8)9-5-2;1-2-3-4-5-6(7)8;1-3-8-5(7)4(2)6/h3-13H2,1-2H3;3-5,7-8H,2,6H2,1H3;3-5H2,1-2H3;6H,4-5H2,1-3H3;2-5H2,1H3,(H,7,8);4,6H,3H2,1-2H3. The van der Waals surface area contributed by atoms with E-state index < -0.39 is 18.0 Å². The van der Waals surface area contributed by atoms with Crippen molar-refractivity contribution in [1.29, 1.82) is 0 Å². The van der Waals surface area contributed by atoms with Crippen molar-refractivity contribution < 1.29 is 57.9 Å². The third-order valence-corrected chi connectivity index (χ3v) is 8.08. The van der Waals surface area contributed by atoms with E-state index in [2.05, 4.69) is 60.6 Å². The number of carbonyl (C=O) groups is 6. The summed E-state index contributed by atoms with van der Waals surface area (Å²) in [6.07, 6.45) is 18.3. The van der Waals surface area contributed by atoms with Gasteiger partial charge >= 0.3 is 29.8 Å². The summed E-state index contributed by atoms with van der Waals surface area (Å²) in [6, 6.07) is 10.6. The summed E-state index contributed by atoms with van der Waals surface area (Å²) in [5.74, 6) is -1.58. The Balaban J connectivity index is -0.000000206. The number of aliphatic hydroxyl groups is 1. The second-order valence-electron chi connectivity index (χ2n) is 14.0. The van der Waals surface area contributed by atoms with Crippen molar-refractivity contribution in [2.24, 2.45) is 5.92 Å². The number of carboxylic acids is 1. The van der Waals surface area contributed by atoms with Gasteiger partial charge in [-0.15, -0.1) is 0 Å².